The second-order valence-electron chi connectivity index (χ2n) is 4.36. The predicted octanol–water partition coefficient (Wildman–Crippen LogP) is -0.299. The minimum absolute atomic E-state index is 0.00523. The molecule has 11 nitrogen and oxygen atoms in total. The number of primary amides is 1. The number of hydrogen-bond donors (Lipinski definition) is 2. The summed E-state index contributed by atoms with van der Waals surface area (Å²) in [5, 5.41) is 5.25. The molecule has 0 aliphatic heterocycles. The van der Waals surface area contributed by atoms with Crippen LogP contribution in [0, 0.1) is 0 Å². The number of rotatable bonds is 16. The van der Waals surface area contributed by atoms with Gasteiger partial charge >= 0.3 is 0 Å². The average molecular weight is 347 g/mol. The van der Waals surface area contributed by atoms with Crippen LogP contribution in [-0.2, 0) is 28.5 Å². The third kappa shape index (κ3) is 13.7. The summed E-state index contributed by atoms with van der Waals surface area (Å²) in [6.45, 7) is 5.45. The zero-order valence-corrected chi connectivity index (χ0v) is 13.8. The Balaban J connectivity index is 3.45. The molecule has 3 N–H and O–H groups in total. The van der Waals surface area contributed by atoms with E-state index in [2.05, 4.69) is 15.3 Å². The molecule has 1 atom stereocenters. The monoisotopic (exact) mass is 347 g/mol. The summed E-state index contributed by atoms with van der Waals surface area (Å²) in [7, 11) is 0. The number of carbonyl (C=O) groups is 2. The normalized spacial score (nSPS) is 11.5. The molecule has 0 saturated heterocycles. The predicted molar refractivity (Wildman–Crippen MR) is 83.8 cm³/mol. The fraction of sp³-hybridized carbons (Fsp3) is 0.846. The second-order valence-corrected chi connectivity index (χ2v) is 4.36. The van der Waals surface area contributed by atoms with Gasteiger partial charge in [0.05, 0.1) is 46.2 Å². The molecular formula is C13H25N5O6. The SMILES string of the molecule is CCOCCOCCOCCOCCC(=O)N[C@@H](N=[N+]=[N-])C(N)=O. The molecule has 0 aliphatic rings. The summed E-state index contributed by atoms with van der Waals surface area (Å²) in [6.07, 6.45) is -1.39. The van der Waals surface area contributed by atoms with Crippen molar-refractivity contribution in [1.82, 2.24) is 5.32 Å². The molecule has 0 radical (unpaired) electrons. The first-order chi connectivity index (χ1) is 11.6. The molecule has 138 valence electrons. The van der Waals surface area contributed by atoms with Crippen molar-refractivity contribution in [3.8, 4) is 0 Å². The smallest absolute Gasteiger partial charge is 0.246 e. The van der Waals surface area contributed by atoms with E-state index in [4.69, 9.17) is 30.2 Å². The van der Waals surface area contributed by atoms with Crippen LogP contribution in [0.1, 0.15) is 13.3 Å². The van der Waals surface area contributed by atoms with Crippen LogP contribution in [-0.4, -0.2) is 70.8 Å². The molecule has 0 aliphatic carbocycles. The number of carbonyl (C=O) groups excluding carboxylic acids is 2. The van der Waals surface area contributed by atoms with E-state index in [9.17, 15) is 9.59 Å². The van der Waals surface area contributed by atoms with E-state index in [1.807, 2.05) is 6.92 Å². The average Bonchev–Trinajstić information content (AvgIpc) is 2.55. The Bertz CT molecular complexity index is 400. The van der Waals surface area contributed by atoms with E-state index in [1.54, 1.807) is 0 Å². The lowest BCUT2D eigenvalue weighted by Gasteiger charge is -2.10. The molecule has 0 rings (SSSR count). The number of ether oxygens (including phenoxy) is 4. The van der Waals surface area contributed by atoms with Gasteiger partial charge < -0.3 is 30.0 Å². The van der Waals surface area contributed by atoms with E-state index in [1.165, 1.54) is 0 Å². The van der Waals surface area contributed by atoms with Gasteiger partial charge in [0.15, 0.2) is 6.17 Å². The fourth-order valence-electron chi connectivity index (χ4n) is 1.40. The summed E-state index contributed by atoms with van der Waals surface area (Å²) in [6, 6.07) is 0. The number of azide groups is 1. The zero-order valence-electron chi connectivity index (χ0n) is 13.8. The molecule has 11 heteroatoms. The summed E-state index contributed by atoms with van der Waals surface area (Å²) in [5.74, 6) is -1.44. The van der Waals surface area contributed by atoms with Gasteiger partial charge in [-0.25, -0.2) is 0 Å². The first-order valence-corrected chi connectivity index (χ1v) is 7.55. The lowest BCUT2D eigenvalue weighted by atomic mass is 10.4. The van der Waals surface area contributed by atoms with Crippen LogP contribution in [0.15, 0.2) is 5.11 Å². The van der Waals surface area contributed by atoms with Gasteiger partial charge in [-0.2, -0.15) is 0 Å². The van der Waals surface area contributed by atoms with Gasteiger partial charge in [-0.3, -0.25) is 9.59 Å². The van der Waals surface area contributed by atoms with Gasteiger partial charge in [0, 0.05) is 17.9 Å². The first-order valence-electron chi connectivity index (χ1n) is 7.55. The van der Waals surface area contributed by atoms with Crippen LogP contribution >= 0.6 is 0 Å². The molecule has 0 aromatic carbocycles. The van der Waals surface area contributed by atoms with Crippen LogP contribution in [0.5, 0.6) is 0 Å². The van der Waals surface area contributed by atoms with Gasteiger partial charge in [-0.05, 0) is 12.5 Å². The van der Waals surface area contributed by atoms with Crippen molar-refractivity contribution in [3.05, 3.63) is 10.4 Å². The molecule has 0 unspecified atom stereocenters. The largest absolute Gasteiger partial charge is 0.379 e. The zero-order chi connectivity index (χ0) is 18.0. The minimum atomic E-state index is -1.39. The van der Waals surface area contributed by atoms with E-state index in [-0.39, 0.29) is 13.0 Å². The molecule has 0 bridgehead atoms. The first kappa shape index (κ1) is 22.1. The van der Waals surface area contributed by atoms with Gasteiger partial charge in [-0.15, -0.1) is 0 Å². The Morgan fingerprint density at radius 3 is 2.00 bits per heavy atom. The summed E-state index contributed by atoms with van der Waals surface area (Å²) in [4.78, 5) is 24.8. The van der Waals surface area contributed by atoms with Crippen LogP contribution < -0.4 is 11.1 Å². The fourth-order valence-corrected chi connectivity index (χ4v) is 1.40. The number of nitrogens with zero attached hydrogens (tertiary/aromatic N) is 3. The highest BCUT2D eigenvalue weighted by Crippen LogP contribution is 1.90. The van der Waals surface area contributed by atoms with Gasteiger partial charge in [0.2, 0.25) is 11.8 Å². The Hall–Kier alpha value is -1.91. The highest BCUT2D eigenvalue weighted by atomic mass is 16.6. The quantitative estimate of drug-likeness (QED) is 0.169. The van der Waals surface area contributed by atoms with Gasteiger partial charge in [-0.1, -0.05) is 5.11 Å². The summed E-state index contributed by atoms with van der Waals surface area (Å²) in [5.41, 5.74) is 13.2. The third-order valence-electron chi connectivity index (χ3n) is 2.53. The standard InChI is InChI=1S/C13H25N5O6/c1-2-21-5-6-23-9-10-24-8-7-22-4-3-11(19)16-13(12(14)20)17-18-15/h13H,2-10H2,1H3,(H2,14,20)(H,16,19)/t13-/m0/s1. The third-order valence-corrected chi connectivity index (χ3v) is 2.53. The topological polar surface area (TPSA) is 158 Å². The lowest BCUT2D eigenvalue weighted by Crippen LogP contribution is -2.43. The van der Waals surface area contributed by atoms with Crippen molar-refractivity contribution in [1.29, 1.82) is 0 Å². The molecular weight excluding hydrogens is 322 g/mol. The number of nitrogens with one attached hydrogen (secondary N) is 1. The Kier molecular flexibility index (Phi) is 14.7. The van der Waals surface area contributed by atoms with Crippen molar-refractivity contribution >= 4 is 11.8 Å². The van der Waals surface area contributed by atoms with Gasteiger partial charge in [0.25, 0.3) is 0 Å². The highest BCUT2D eigenvalue weighted by molar-refractivity contribution is 5.86. The molecule has 0 heterocycles. The summed E-state index contributed by atoms with van der Waals surface area (Å²) < 4.78 is 20.8. The molecule has 0 aromatic rings. The maximum Gasteiger partial charge on any atom is 0.246 e. The molecule has 0 saturated carbocycles. The van der Waals surface area contributed by atoms with E-state index in [0.29, 0.717) is 46.2 Å². The highest BCUT2D eigenvalue weighted by Gasteiger charge is 2.15. The Morgan fingerprint density at radius 1 is 1.04 bits per heavy atom. The molecule has 0 fully saturated rings. The van der Waals surface area contributed by atoms with Crippen LogP contribution in [0.4, 0.5) is 0 Å². The van der Waals surface area contributed by atoms with Crippen molar-refractivity contribution in [2.75, 3.05) is 52.9 Å². The van der Waals surface area contributed by atoms with E-state index in [0.717, 1.165) is 0 Å². The van der Waals surface area contributed by atoms with Gasteiger partial charge in [0.1, 0.15) is 0 Å². The maximum atomic E-state index is 11.5. The van der Waals surface area contributed by atoms with E-state index < -0.39 is 18.0 Å². The number of hydrogen-bond acceptors (Lipinski definition) is 7. The Labute approximate surface area is 140 Å². The second kappa shape index (κ2) is 16.0. The van der Waals surface area contributed by atoms with Crippen LogP contribution in [0.3, 0.4) is 0 Å². The lowest BCUT2D eigenvalue weighted by molar-refractivity contribution is -0.128. The van der Waals surface area contributed by atoms with Crippen molar-refractivity contribution in [2.24, 2.45) is 10.8 Å². The minimum Gasteiger partial charge on any atom is -0.379 e. The molecule has 0 spiro atoms. The van der Waals surface area contributed by atoms with E-state index >= 15 is 0 Å². The maximum absolute atomic E-state index is 11.5. The molecule has 2 amide bonds. The molecule has 0 aromatic heterocycles. The summed E-state index contributed by atoms with van der Waals surface area (Å²) >= 11 is 0. The van der Waals surface area contributed by atoms with Crippen molar-refractivity contribution in [3.63, 3.8) is 0 Å². The Morgan fingerprint density at radius 2 is 1.54 bits per heavy atom. The number of nitrogens with two attached hydrogens (primary N) is 1. The van der Waals surface area contributed by atoms with Crippen LogP contribution in [0.25, 0.3) is 10.4 Å². The molecule has 24 heavy (non-hydrogen) atoms. The van der Waals surface area contributed by atoms with Crippen molar-refractivity contribution in [2.45, 2.75) is 19.5 Å². The number of amides is 2. The van der Waals surface area contributed by atoms with Crippen LogP contribution in [0.2, 0.25) is 0 Å². The van der Waals surface area contributed by atoms with Crippen molar-refractivity contribution < 1.29 is 28.5 Å².